The van der Waals surface area contributed by atoms with Crippen molar-refractivity contribution >= 4 is 23.5 Å². The van der Waals surface area contributed by atoms with Crippen molar-refractivity contribution in [2.24, 2.45) is 0 Å². The van der Waals surface area contributed by atoms with E-state index in [1.54, 1.807) is 30.3 Å². The van der Waals surface area contributed by atoms with E-state index in [2.05, 4.69) is 5.32 Å². The van der Waals surface area contributed by atoms with E-state index in [9.17, 15) is 9.59 Å². The lowest BCUT2D eigenvalue weighted by molar-refractivity contribution is -0.146. The Kier molecular flexibility index (Phi) is 6.98. The Morgan fingerprint density at radius 1 is 1.08 bits per heavy atom. The first kappa shape index (κ1) is 19.0. The van der Waals surface area contributed by atoms with Crippen LogP contribution < -0.4 is 5.32 Å². The topological polar surface area (TPSA) is 64.6 Å². The van der Waals surface area contributed by atoms with Crippen LogP contribution in [-0.4, -0.2) is 32.1 Å². The molecule has 2 aromatic rings. The first-order valence-corrected chi connectivity index (χ1v) is 8.13. The highest BCUT2D eigenvalue weighted by atomic mass is 35.5. The smallest absolute Gasteiger partial charge is 0.328 e. The van der Waals surface area contributed by atoms with E-state index in [-0.39, 0.29) is 6.42 Å². The summed E-state index contributed by atoms with van der Waals surface area (Å²) in [6.45, 7) is 0. The van der Waals surface area contributed by atoms with Crippen LogP contribution in [-0.2, 0) is 25.5 Å². The van der Waals surface area contributed by atoms with Gasteiger partial charge in [-0.05, 0) is 23.3 Å². The van der Waals surface area contributed by atoms with Gasteiger partial charge < -0.3 is 14.8 Å². The van der Waals surface area contributed by atoms with Gasteiger partial charge in [-0.25, -0.2) is 4.79 Å². The third kappa shape index (κ3) is 5.31. The number of hydrogen-bond acceptors (Lipinski definition) is 4. The molecule has 2 aromatic carbocycles. The fourth-order valence-corrected chi connectivity index (χ4v) is 2.72. The van der Waals surface area contributed by atoms with Gasteiger partial charge in [-0.3, -0.25) is 4.79 Å². The molecule has 0 saturated heterocycles. The predicted octanol–water partition coefficient (Wildman–Crippen LogP) is 2.93. The van der Waals surface area contributed by atoms with Gasteiger partial charge in [0, 0.05) is 18.6 Å². The molecule has 0 aromatic heterocycles. The van der Waals surface area contributed by atoms with Crippen molar-refractivity contribution in [2.45, 2.75) is 18.6 Å². The lowest BCUT2D eigenvalue weighted by Gasteiger charge is -2.21. The summed E-state index contributed by atoms with van der Waals surface area (Å²) in [6, 6.07) is 15.3. The Balaban J connectivity index is 2.15. The molecular weight excluding hydrogens is 342 g/mol. The Morgan fingerprint density at radius 3 is 2.40 bits per heavy atom. The molecule has 0 fully saturated rings. The molecule has 25 heavy (non-hydrogen) atoms. The van der Waals surface area contributed by atoms with Crippen LogP contribution in [0.4, 0.5) is 0 Å². The van der Waals surface area contributed by atoms with Crippen molar-refractivity contribution in [1.82, 2.24) is 5.32 Å². The monoisotopic (exact) mass is 361 g/mol. The summed E-state index contributed by atoms with van der Waals surface area (Å²) in [7, 11) is 2.73. The Morgan fingerprint density at radius 2 is 1.80 bits per heavy atom. The van der Waals surface area contributed by atoms with Gasteiger partial charge in [-0.1, -0.05) is 54.1 Å². The maximum atomic E-state index is 12.6. The van der Waals surface area contributed by atoms with Crippen molar-refractivity contribution < 1.29 is 19.1 Å². The molecule has 0 unspecified atom stereocenters. The molecule has 1 amide bonds. The van der Waals surface area contributed by atoms with Crippen molar-refractivity contribution in [2.75, 3.05) is 14.2 Å². The average molecular weight is 362 g/mol. The van der Waals surface area contributed by atoms with E-state index in [1.165, 1.54) is 14.2 Å². The maximum absolute atomic E-state index is 12.6. The molecule has 132 valence electrons. The predicted molar refractivity (Wildman–Crippen MR) is 95.3 cm³/mol. The number of carbonyl (C=O) groups is 2. The van der Waals surface area contributed by atoms with Crippen LogP contribution in [0.5, 0.6) is 0 Å². The summed E-state index contributed by atoms with van der Waals surface area (Å²) in [6.07, 6.45) is -0.544. The van der Waals surface area contributed by atoms with E-state index in [4.69, 9.17) is 21.1 Å². The molecule has 0 bridgehead atoms. The molecule has 0 aliphatic rings. The first-order chi connectivity index (χ1) is 12.0. The van der Waals surface area contributed by atoms with Crippen LogP contribution in [0.1, 0.15) is 17.2 Å². The third-order valence-electron chi connectivity index (χ3n) is 3.71. The summed E-state index contributed by atoms with van der Waals surface area (Å²) in [5.74, 6) is -0.942. The van der Waals surface area contributed by atoms with Crippen molar-refractivity contribution in [1.29, 1.82) is 0 Å². The zero-order valence-electron chi connectivity index (χ0n) is 14.1. The largest absolute Gasteiger partial charge is 0.467 e. The molecule has 2 atom stereocenters. The normalized spacial score (nSPS) is 12.9. The highest BCUT2D eigenvalue weighted by Crippen LogP contribution is 2.18. The minimum atomic E-state index is -0.836. The van der Waals surface area contributed by atoms with Gasteiger partial charge in [-0.15, -0.1) is 0 Å². The quantitative estimate of drug-likeness (QED) is 0.770. The van der Waals surface area contributed by atoms with Crippen LogP contribution in [0, 0.1) is 0 Å². The van der Waals surface area contributed by atoms with E-state index >= 15 is 0 Å². The minimum Gasteiger partial charge on any atom is -0.467 e. The first-order valence-electron chi connectivity index (χ1n) is 7.75. The lowest BCUT2D eigenvalue weighted by Crippen LogP contribution is -2.45. The number of esters is 1. The maximum Gasteiger partial charge on any atom is 0.328 e. The van der Waals surface area contributed by atoms with Gasteiger partial charge in [-0.2, -0.15) is 0 Å². The Hall–Kier alpha value is -2.37. The molecule has 6 heteroatoms. The van der Waals surface area contributed by atoms with Crippen LogP contribution in [0.15, 0.2) is 54.6 Å². The van der Waals surface area contributed by atoms with Gasteiger partial charge >= 0.3 is 5.97 Å². The standard InChI is InChI=1S/C19H20ClNO4/c1-24-17(14-8-4-3-5-9-14)18(22)21-16(19(23)25-2)12-13-7-6-10-15(20)11-13/h3-11,16-17H,12H2,1-2H3,(H,21,22)/t16-,17+/m0/s1. The second-order valence-corrected chi connectivity index (χ2v) is 5.88. The molecule has 0 spiro atoms. The number of carbonyl (C=O) groups excluding carboxylic acids is 2. The van der Waals surface area contributed by atoms with Crippen LogP contribution in [0.25, 0.3) is 0 Å². The lowest BCUT2D eigenvalue weighted by atomic mass is 10.0. The average Bonchev–Trinajstić information content (AvgIpc) is 2.62. The summed E-state index contributed by atoms with van der Waals surface area (Å²) in [5.41, 5.74) is 1.52. The van der Waals surface area contributed by atoms with Crippen LogP contribution in [0.3, 0.4) is 0 Å². The fourth-order valence-electron chi connectivity index (χ4n) is 2.50. The second kappa shape index (κ2) is 9.20. The van der Waals surface area contributed by atoms with Gasteiger partial charge in [0.05, 0.1) is 7.11 Å². The summed E-state index contributed by atoms with van der Waals surface area (Å²) in [5, 5.41) is 3.27. The van der Waals surface area contributed by atoms with E-state index in [1.807, 2.05) is 24.3 Å². The number of amides is 1. The van der Waals surface area contributed by atoms with E-state index < -0.39 is 24.0 Å². The minimum absolute atomic E-state index is 0.268. The number of methoxy groups -OCH3 is 2. The number of benzene rings is 2. The molecule has 2 rings (SSSR count). The molecular formula is C19H20ClNO4. The Labute approximate surface area is 151 Å². The van der Waals surface area contributed by atoms with Crippen LogP contribution >= 0.6 is 11.6 Å². The number of ether oxygens (including phenoxy) is 2. The van der Waals surface area contributed by atoms with Crippen LogP contribution in [0.2, 0.25) is 5.02 Å². The number of rotatable bonds is 7. The zero-order chi connectivity index (χ0) is 18.2. The van der Waals surface area contributed by atoms with Gasteiger partial charge in [0.2, 0.25) is 0 Å². The SMILES string of the molecule is COC(=O)[C@H](Cc1cccc(Cl)c1)NC(=O)[C@H](OC)c1ccccc1. The summed E-state index contributed by atoms with van der Waals surface area (Å²) in [4.78, 5) is 24.7. The van der Waals surface area contributed by atoms with Gasteiger partial charge in [0.25, 0.3) is 5.91 Å². The molecule has 5 nitrogen and oxygen atoms in total. The van der Waals surface area contributed by atoms with Gasteiger partial charge in [0.15, 0.2) is 6.10 Å². The van der Waals surface area contributed by atoms with E-state index in [0.717, 1.165) is 5.56 Å². The highest BCUT2D eigenvalue weighted by molar-refractivity contribution is 6.30. The molecule has 0 heterocycles. The number of halogens is 1. The third-order valence-corrected chi connectivity index (χ3v) is 3.94. The van der Waals surface area contributed by atoms with E-state index in [0.29, 0.717) is 10.6 Å². The fraction of sp³-hybridized carbons (Fsp3) is 0.263. The molecule has 0 saturated carbocycles. The molecule has 1 N–H and O–H groups in total. The summed E-state index contributed by atoms with van der Waals surface area (Å²) < 4.78 is 10.1. The van der Waals surface area contributed by atoms with Crippen molar-refractivity contribution in [3.05, 3.63) is 70.7 Å². The highest BCUT2D eigenvalue weighted by Gasteiger charge is 2.27. The second-order valence-electron chi connectivity index (χ2n) is 5.44. The van der Waals surface area contributed by atoms with Crippen molar-refractivity contribution in [3.8, 4) is 0 Å². The molecule has 0 aliphatic heterocycles. The number of nitrogens with one attached hydrogen (secondary N) is 1. The van der Waals surface area contributed by atoms with Crippen molar-refractivity contribution in [3.63, 3.8) is 0 Å². The molecule has 0 aliphatic carbocycles. The zero-order valence-corrected chi connectivity index (χ0v) is 14.8. The number of hydrogen-bond donors (Lipinski definition) is 1. The summed E-state index contributed by atoms with van der Waals surface area (Å²) >= 11 is 5.98. The van der Waals surface area contributed by atoms with Gasteiger partial charge in [0.1, 0.15) is 6.04 Å². The Bertz CT molecular complexity index is 720. The molecule has 0 radical (unpaired) electrons.